The summed E-state index contributed by atoms with van der Waals surface area (Å²) in [6, 6.07) is 5.95. The van der Waals surface area contributed by atoms with E-state index in [2.05, 4.69) is 27.1 Å². The third kappa shape index (κ3) is 5.71. The van der Waals surface area contributed by atoms with Crippen LogP contribution < -0.4 is 11.1 Å². The van der Waals surface area contributed by atoms with Crippen LogP contribution >= 0.6 is 0 Å². The smallest absolute Gasteiger partial charge is 0.188 e. The first kappa shape index (κ1) is 15.8. The van der Waals surface area contributed by atoms with Crippen molar-refractivity contribution in [3.05, 3.63) is 30.1 Å². The Bertz CT molecular complexity index is 432. The second-order valence-electron chi connectivity index (χ2n) is 5.63. The van der Waals surface area contributed by atoms with E-state index in [0.717, 1.165) is 38.3 Å². The monoisotopic (exact) mass is 289 g/mol. The number of nitrogens with zero attached hydrogens (tertiary/aromatic N) is 3. The lowest BCUT2D eigenvalue weighted by Crippen LogP contribution is -2.38. The first-order valence-corrected chi connectivity index (χ1v) is 7.94. The van der Waals surface area contributed by atoms with E-state index in [4.69, 9.17) is 5.73 Å². The van der Waals surface area contributed by atoms with Gasteiger partial charge in [0, 0.05) is 37.9 Å². The van der Waals surface area contributed by atoms with Gasteiger partial charge in [0.1, 0.15) is 0 Å². The van der Waals surface area contributed by atoms with Crippen LogP contribution in [0.5, 0.6) is 0 Å². The van der Waals surface area contributed by atoms with Crippen molar-refractivity contribution in [1.29, 1.82) is 0 Å². The highest BCUT2D eigenvalue weighted by molar-refractivity contribution is 5.77. The summed E-state index contributed by atoms with van der Waals surface area (Å²) >= 11 is 0. The Morgan fingerprint density at radius 2 is 2.43 bits per heavy atom. The van der Waals surface area contributed by atoms with Gasteiger partial charge < -0.3 is 16.0 Å². The van der Waals surface area contributed by atoms with Gasteiger partial charge in [0.25, 0.3) is 0 Å². The SMILES string of the molecule is CCN1CCCC(CN=C(N)NCCc2ccccn2)C1. The van der Waals surface area contributed by atoms with Crippen molar-refractivity contribution in [2.45, 2.75) is 26.2 Å². The van der Waals surface area contributed by atoms with Gasteiger partial charge in [-0.25, -0.2) is 0 Å². The maximum atomic E-state index is 5.93. The zero-order valence-corrected chi connectivity index (χ0v) is 13.0. The molecule has 0 bridgehead atoms. The third-order valence-corrected chi connectivity index (χ3v) is 3.98. The molecule has 0 saturated carbocycles. The number of pyridine rings is 1. The number of piperidine rings is 1. The molecule has 0 amide bonds. The van der Waals surface area contributed by atoms with Crippen LogP contribution in [-0.4, -0.2) is 48.6 Å². The normalized spacial score (nSPS) is 20.4. The number of nitrogens with one attached hydrogen (secondary N) is 1. The van der Waals surface area contributed by atoms with Gasteiger partial charge in [0.2, 0.25) is 0 Å². The maximum Gasteiger partial charge on any atom is 0.188 e. The molecule has 5 nitrogen and oxygen atoms in total. The Labute approximate surface area is 127 Å². The minimum absolute atomic E-state index is 0.555. The van der Waals surface area contributed by atoms with Crippen LogP contribution in [-0.2, 0) is 6.42 Å². The molecule has 21 heavy (non-hydrogen) atoms. The van der Waals surface area contributed by atoms with E-state index in [0.29, 0.717) is 11.9 Å². The highest BCUT2D eigenvalue weighted by Crippen LogP contribution is 2.16. The molecule has 1 aliphatic rings. The number of nitrogens with two attached hydrogens (primary N) is 1. The van der Waals surface area contributed by atoms with Gasteiger partial charge in [-0.3, -0.25) is 9.98 Å². The minimum atomic E-state index is 0.555. The molecule has 1 aliphatic heterocycles. The summed E-state index contributed by atoms with van der Waals surface area (Å²) in [4.78, 5) is 11.3. The van der Waals surface area contributed by atoms with E-state index in [1.54, 1.807) is 0 Å². The van der Waals surface area contributed by atoms with Crippen molar-refractivity contribution in [2.75, 3.05) is 32.7 Å². The zero-order valence-electron chi connectivity index (χ0n) is 13.0. The predicted molar refractivity (Wildman–Crippen MR) is 87.3 cm³/mol. The number of aliphatic imine (C=N–C) groups is 1. The van der Waals surface area contributed by atoms with Gasteiger partial charge in [0.05, 0.1) is 0 Å². The number of aromatic nitrogens is 1. The van der Waals surface area contributed by atoms with Crippen LogP contribution in [0.15, 0.2) is 29.4 Å². The fraction of sp³-hybridized carbons (Fsp3) is 0.625. The Morgan fingerprint density at radius 3 is 3.19 bits per heavy atom. The molecule has 1 fully saturated rings. The van der Waals surface area contributed by atoms with Crippen molar-refractivity contribution >= 4 is 5.96 Å². The van der Waals surface area contributed by atoms with E-state index in [1.807, 2.05) is 24.4 Å². The van der Waals surface area contributed by atoms with Gasteiger partial charge in [-0.05, 0) is 44.0 Å². The standard InChI is InChI=1S/C16H27N5/c1-2-21-11-5-6-14(13-21)12-20-16(17)19-10-8-15-7-3-4-9-18-15/h3-4,7,9,14H,2,5-6,8,10-13H2,1H3,(H3,17,19,20). The lowest BCUT2D eigenvalue weighted by Gasteiger charge is -2.30. The van der Waals surface area contributed by atoms with Gasteiger partial charge in [-0.1, -0.05) is 13.0 Å². The van der Waals surface area contributed by atoms with E-state index in [-0.39, 0.29) is 0 Å². The molecule has 1 atom stereocenters. The number of likely N-dealkylation sites (tertiary alicyclic amines) is 1. The molecular weight excluding hydrogens is 262 g/mol. The van der Waals surface area contributed by atoms with Crippen LogP contribution in [0.25, 0.3) is 0 Å². The van der Waals surface area contributed by atoms with Crippen LogP contribution in [0.2, 0.25) is 0 Å². The molecule has 116 valence electrons. The second kappa shape index (κ2) is 8.62. The molecule has 5 heteroatoms. The number of guanidine groups is 1. The number of rotatable bonds is 6. The Balaban J connectivity index is 1.67. The van der Waals surface area contributed by atoms with E-state index in [9.17, 15) is 0 Å². The summed E-state index contributed by atoms with van der Waals surface area (Å²) in [5.74, 6) is 1.20. The molecule has 0 aliphatic carbocycles. The topological polar surface area (TPSA) is 66.5 Å². The molecule has 1 saturated heterocycles. The number of hydrogen-bond donors (Lipinski definition) is 2. The lowest BCUT2D eigenvalue weighted by molar-refractivity contribution is 0.186. The highest BCUT2D eigenvalue weighted by atomic mass is 15.1. The highest BCUT2D eigenvalue weighted by Gasteiger charge is 2.18. The Kier molecular flexibility index (Phi) is 6.47. The quantitative estimate of drug-likeness (QED) is 0.611. The lowest BCUT2D eigenvalue weighted by atomic mass is 9.98. The van der Waals surface area contributed by atoms with Gasteiger partial charge in [-0.2, -0.15) is 0 Å². The van der Waals surface area contributed by atoms with Gasteiger partial charge >= 0.3 is 0 Å². The van der Waals surface area contributed by atoms with E-state index >= 15 is 0 Å². The molecule has 2 heterocycles. The summed E-state index contributed by atoms with van der Waals surface area (Å²) in [5, 5.41) is 3.17. The van der Waals surface area contributed by atoms with Crippen molar-refractivity contribution in [3.8, 4) is 0 Å². The van der Waals surface area contributed by atoms with Crippen LogP contribution in [0.1, 0.15) is 25.5 Å². The Morgan fingerprint density at radius 1 is 1.52 bits per heavy atom. The van der Waals surface area contributed by atoms with Gasteiger partial charge in [0.15, 0.2) is 5.96 Å². The predicted octanol–water partition coefficient (Wildman–Crippen LogP) is 1.26. The van der Waals surface area contributed by atoms with Crippen LogP contribution in [0, 0.1) is 5.92 Å². The minimum Gasteiger partial charge on any atom is -0.370 e. The molecule has 1 aromatic heterocycles. The fourth-order valence-corrected chi connectivity index (χ4v) is 2.74. The molecule has 3 N–H and O–H groups in total. The van der Waals surface area contributed by atoms with Crippen molar-refractivity contribution < 1.29 is 0 Å². The third-order valence-electron chi connectivity index (χ3n) is 3.98. The largest absolute Gasteiger partial charge is 0.370 e. The summed E-state index contributed by atoms with van der Waals surface area (Å²) in [5.41, 5.74) is 7.00. The molecule has 2 rings (SSSR count). The summed E-state index contributed by atoms with van der Waals surface area (Å²) in [6.45, 7) is 7.35. The molecule has 1 aromatic rings. The number of hydrogen-bond acceptors (Lipinski definition) is 3. The average molecular weight is 289 g/mol. The first-order valence-electron chi connectivity index (χ1n) is 7.94. The molecule has 1 unspecified atom stereocenters. The Hall–Kier alpha value is -1.62. The second-order valence-corrected chi connectivity index (χ2v) is 5.63. The van der Waals surface area contributed by atoms with Crippen LogP contribution in [0.3, 0.4) is 0 Å². The van der Waals surface area contributed by atoms with Gasteiger partial charge in [-0.15, -0.1) is 0 Å². The average Bonchev–Trinajstić information content (AvgIpc) is 2.54. The van der Waals surface area contributed by atoms with E-state index < -0.39 is 0 Å². The molecule has 0 radical (unpaired) electrons. The fourth-order valence-electron chi connectivity index (χ4n) is 2.74. The van der Waals surface area contributed by atoms with Crippen molar-refractivity contribution in [1.82, 2.24) is 15.2 Å². The van der Waals surface area contributed by atoms with E-state index in [1.165, 1.54) is 19.4 Å². The summed E-state index contributed by atoms with van der Waals surface area (Å²) in [7, 11) is 0. The van der Waals surface area contributed by atoms with Crippen molar-refractivity contribution in [3.63, 3.8) is 0 Å². The van der Waals surface area contributed by atoms with Crippen LogP contribution in [0.4, 0.5) is 0 Å². The molecular formula is C16H27N5. The van der Waals surface area contributed by atoms with Crippen molar-refractivity contribution in [2.24, 2.45) is 16.6 Å². The first-order chi connectivity index (χ1) is 10.3. The summed E-state index contributed by atoms with van der Waals surface area (Å²) < 4.78 is 0. The summed E-state index contributed by atoms with van der Waals surface area (Å²) in [6.07, 6.45) is 5.22. The molecule has 0 spiro atoms. The molecule has 0 aromatic carbocycles. The zero-order chi connectivity index (χ0) is 14.9. The maximum absolute atomic E-state index is 5.93.